The van der Waals surface area contributed by atoms with Crippen LogP contribution in [0.3, 0.4) is 0 Å². The highest BCUT2D eigenvalue weighted by atomic mass is 16.1. The first kappa shape index (κ1) is 13.3. The zero-order valence-corrected chi connectivity index (χ0v) is 11.1. The van der Waals surface area contributed by atoms with E-state index in [1.54, 1.807) is 4.68 Å². The first-order valence-electron chi connectivity index (χ1n) is 6.89. The number of carbonyl (C=O) groups excluding carboxylic acids is 1. The van der Waals surface area contributed by atoms with Gasteiger partial charge in [0.15, 0.2) is 0 Å². The molecule has 1 heterocycles. The van der Waals surface area contributed by atoms with Crippen LogP contribution >= 0.6 is 0 Å². The van der Waals surface area contributed by atoms with Gasteiger partial charge in [0.2, 0.25) is 0 Å². The van der Waals surface area contributed by atoms with Crippen LogP contribution in [0.5, 0.6) is 0 Å². The fourth-order valence-electron chi connectivity index (χ4n) is 2.79. The second-order valence-corrected chi connectivity index (χ2v) is 5.44. The van der Waals surface area contributed by atoms with Crippen molar-refractivity contribution in [2.75, 3.05) is 6.54 Å². The summed E-state index contributed by atoms with van der Waals surface area (Å²) in [6.07, 6.45) is 9.63. The fraction of sp³-hybridized carbons (Fsp3) is 0.714. The molecular weight excluding hydrogens is 226 g/mol. The molecule has 1 fully saturated rings. The maximum Gasteiger partial charge on any atom is 0.136 e. The molecule has 0 atom stereocenters. The van der Waals surface area contributed by atoms with Crippen LogP contribution < -0.4 is 5.73 Å². The van der Waals surface area contributed by atoms with E-state index in [4.69, 9.17) is 5.73 Å². The third kappa shape index (κ3) is 3.42. The summed E-state index contributed by atoms with van der Waals surface area (Å²) in [5.41, 5.74) is 6.82. The second kappa shape index (κ2) is 6.14. The lowest BCUT2D eigenvalue weighted by Crippen LogP contribution is -2.25. The summed E-state index contributed by atoms with van der Waals surface area (Å²) < 4.78 is 1.78. The maximum absolute atomic E-state index is 12.1. The van der Waals surface area contributed by atoms with Gasteiger partial charge in [-0.05, 0) is 50.1 Å². The van der Waals surface area contributed by atoms with Gasteiger partial charge in [0.1, 0.15) is 5.78 Å². The molecule has 0 spiro atoms. The Labute approximate surface area is 109 Å². The largest absolute Gasteiger partial charge is 0.330 e. The van der Waals surface area contributed by atoms with Crippen molar-refractivity contribution >= 4 is 5.78 Å². The van der Waals surface area contributed by atoms with Crippen LogP contribution in [-0.2, 0) is 18.3 Å². The highest BCUT2D eigenvalue weighted by Crippen LogP contribution is 2.29. The number of nitrogens with two attached hydrogens (primary N) is 1. The number of Topliss-reactive ketones (excluding diaryl/α,β-unsaturated/α-hetero) is 1. The minimum absolute atomic E-state index is 0.282. The van der Waals surface area contributed by atoms with Gasteiger partial charge in [-0.2, -0.15) is 5.10 Å². The molecule has 0 bridgehead atoms. The number of aromatic nitrogens is 2. The number of carbonyl (C=O) groups is 1. The quantitative estimate of drug-likeness (QED) is 0.863. The third-order valence-corrected chi connectivity index (χ3v) is 4.05. The molecule has 4 nitrogen and oxygen atoms in total. The summed E-state index contributed by atoms with van der Waals surface area (Å²) in [5.74, 6) is 1.35. The molecule has 0 saturated heterocycles. The van der Waals surface area contributed by atoms with Crippen LogP contribution in [-0.4, -0.2) is 22.1 Å². The Morgan fingerprint density at radius 2 is 2.17 bits per heavy atom. The van der Waals surface area contributed by atoms with E-state index in [0.29, 0.717) is 18.1 Å². The van der Waals surface area contributed by atoms with Crippen molar-refractivity contribution in [3.05, 3.63) is 18.0 Å². The predicted molar refractivity (Wildman–Crippen MR) is 71.0 cm³/mol. The highest BCUT2D eigenvalue weighted by Gasteiger charge is 2.25. The first-order valence-corrected chi connectivity index (χ1v) is 6.89. The van der Waals surface area contributed by atoms with Gasteiger partial charge in [0.25, 0.3) is 0 Å². The minimum atomic E-state index is 0.282. The highest BCUT2D eigenvalue weighted by molar-refractivity contribution is 5.81. The Morgan fingerprint density at radius 1 is 1.44 bits per heavy atom. The first-order chi connectivity index (χ1) is 8.69. The SMILES string of the molecule is Cn1cc(CCC(=O)C2CCC(CN)CC2)cn1. The second-order valence-electron chi connectivity index (χ2n) is 5.44. The van der Waals surface area contributed by atoms with E-state index in [2.05, 4.69) is 5.10 Å². The van der Waals surface area contributed by atoms with E-state index in [1.807, 2.05) is 19.4 Å². The lowest BCUT2D eigenvalue weighted by Gasteiger charge is -2.26. The lowest BCUT2D eigenvalue weighted by atomic mass is 9.79. The van der Waals surface area contributed by atoms with Crippen molar-refractivity contribution in [2.24, 2.45) is 24.6 Å². The van der Waals surface area contributed by atoms with Crippen molar-refractivity contribution in [1.82, 2.24) is 9.78 Å². The van der Waals surface area contributed by atoms with Crippen molar-refractivity contribution < 1.29 is 4.79 Å². The van der Waals surface area contributed by atoms with Gasteiger partial charge in [0, 0.05) is 25.6 Å². The van der Waals surface area contributed by atoms with Crippen molar-refractivity contribution in [3.8, 4) is 0 Å². The van der Waals surface area contributed by atoms with Gasteiger partial charge >= 0.3 is 0 Å². The van der Waals surface area contributed by atoms with Gasteiger partial charge in [-0.1, -0.05) is 0 Å². The molecule has 2 N–H and O–H groups in total. The average Bonchev–Trinajstić information content (AvgIpc) is 2.82. The van der Waals surface area contributed by atoms with E-state index in [0.717, 1.165) is 44.2 Å². The van der Waals surface area contributed by atoms with Crippen molar-refractivity contribution in [3.63, 3.8) is 0 Å². The number of nitrogens with zero attached hydrogens (tertiary/aromatic N) is 2. The van der Waals surface area contributed by atoms with Gasteiger partial charge in [-0.3, -0.25) is 9.48 Å². The molecule has 1 aromatic rings. The zero-order chi connectivity index (χ0) is 13.0. The topological polar surface area (TPSA) is 60.9 Å². The molecule has 100 valence electrons. The van der Waals surface area contributed by atoms with E-state index in [1.165, 1.54) is 0 Å². The molecule has 2 rings (SSSR count). The molecule has 4 heteroatoms. The van der Waals surface area contributed by atoms with Crippen LogP contribution in [0.15, 0.2) is 12.4 Å². The molecular formula is C14H23N3O. The Hall–Kier alpha value is -1.16. The summed E-state index contributed by atoms with van der Waals surface area (Å²) in [6.45, 7) is 0.774. The molecule has 1 aliphatic rings. The zero-order valence-electron chi connectivity index (χ0n) is 11.1. The Morgan fingerprint density at radius 3 is 2.72 bits per heavy atom. The average molecular weight is 249 g/mol. The summed E-state index contributed by atoms with van der Waals surface area (Å²) in [5, 5.41) is 4.12. The van der Waals surface area contributed by atoms with Gasteiger partial charge in [-0.15, -0.1) is 0 Å². The molecule has 1 aromatic heterocycles. The maximum atomic E-state index is 12.1. The normalized spacial score (nSPS) is 24.1. The number of rotatable bonds is 5. The van der Waals surface area contributed by atoms with Crippen molar-refractivity contribution in [2.45, 2.75) is 38.5 Å². The summed E-state index contributed by atoms with van der Waals surface area (Å²) in [6, 6.07) is 0. The molecule has 0 amide bonds. The van der Waals surface area contributed by atoms with Gasteiger partial charge in [0.05, 0.1) is 6.20 Å². The van der Waals surface area contributed by atoms with Crippen LogP contribution in [0, 0.1) is 11.8 Å². The predicted octanol–water partition coefficient (Wildman–Crippen LogP) is 1.69. The van der Waals surface area contributed by atoms with Crippen LogP contribution in [0.2, 0.25) is 0 Å². The lowest BCUT2D eigenvalue weighted by molar-refractivity contribution is -0.124. The van der Waals surface area contributed by atoms with Crippen LogP contribution in [0.1, 0.15) is 37.7 Å². The number of aryl methyl sites for hydroxylation is 2. The Kier molecular flexibility index (Phi) is 4.53. The third-order valence-electron chi connectivity index (χ3n) is 4.05. The number of hydrogen-bond acceptors (Lipinski definition) is 3. The molecule has 0 aromatic carbocycles. The molecule has 1 aliphatic carbocycles. The van der Waals surface area contributed by atoms with E-state index < -0.39 is 0 Å². The fourth-order valence-corrected chi connectivity index (χ4v) is 2.79. The standard InChI is InChI=1S/C14H23N3O/c1-17-10-12(9-16-17)4-7-14(18)13-5-2-11(8-15)3-6-13/h9-11,13H,2-8,15H2,1H3. The molecule has 0 aliphatic heterocycles. The molecule has 18 heavy (non-hydrogen) atoms. The summed E-state index contributed by atoms with van der Waals surface area (Å²) in [7, 11) is 1.90. The van der Waals surface area contributed by atoms with E-state index >= 15 is 0 Å². The molecule has 0 unspecified atom stereocenters. The van der Waals surface area contributed by atoms with Gasteiger partial charge in [-0.25, -0.2) is 0 Å². The Bertz CT molecular complexity index is 391. The van der Waals surface area contributed by atoms with Crippen LogP contribution in [0.25, 0.3) is 0 Å². The van der Waals surface area contributed by atoms with E-state index in [-0.39, 0.29) is 5.92 Å². The van der Waals surface area contributed by atoms with Gasteiger partial charge < -0.3 is 5.73 Å². The Balaban J connectivity index is 1.75. The number of hydrogen-bond donors (Lipinski definition) is 1. The smallest absolute Gasteiger partial charge is 0.136 e. The van der Waals surface area contributed by atoms with Crippen LogP contribution in [0.4, 0.5) is 0 Å². The monoisotopic (exact) mass is 249 g/mol. The summed E-state index contributed by atoms with van der Waals surface area (Å²) >= 11 is 0. The minimum Gasteiger partial charge on any atom is -0.330 e. The number of ketones is 1. The van der Waals surface area contributed by atoms with Crippen molar-refractivity contribution in [1.29, 1.82) is 0 Å². The molecule has 0 radical (unpaired) electrons. The molecule has 1 saturated carbocycles. The summed E-state index contributed by atoms with van der Waals surface area (Å²) in [4.78, 5) is 12.1. The van der Waals surface area contributed by atoms with E-state index in [9.17, 15) is 4.79 Å².